The summed E-state index contributed by atoms with van der Waals surface area (Å²) < 4.78 is 1.58. The lowest BCUT2D eigenvalue weighted by molar-refractivity contribution is -0.121. The van der Waals surface area contributed by atoms with Crippen molar-refractivity contribution in [2.24, 2.45) is 18.7 Å². The molecule has 1 unspecified atom stereocenters. The highest BCUT2D eigenvalue weighted by Crippen LogP contribution is 2.20. The van der Waals surface area contributed by atoms with Gasteiger partial charge in [-0.3, -0.25) is 9.48 Å². The number of nitrogens with zero attached hydrogens (tertiary/aromatic N) is 2. The van der Waals surface area contributed by atoms with Crippen molar-refractivity contribution in [3.05, 3.63) is 16.4 Å². The molecule has 0 bridgehead atoms. The van der Waals surface area contributed by atoms with E-state index < -0.39 is 0 Å². The van der Waals surface area contributed by atoms with E-state index in [0.29, 0.717) is 18.1 Å². The molecule has 15 heavy (non-hydrogen) atoms. The number of carbonyl (C=O) groups is 1. The largest absolute Gasteiger partial charge is 0.330 e. The van der Waals surface area contributed by atoms with Gasteiger partial charge < -0.3 is 5.73 Å². The molecule has 1 rings (SSSR count). The molecule has 0 aliphatic rings. The van der Waals surface area contributed by atoms with Crippen LogP contribution >= 0.6 is 11.6 Å². The standard InChI is InChI=1S/C10H16ClN3O/c1-6(5-12)9(15)4-8-7(2)13-14(3)10(8)11/h6H,4-5,12H2,1-3H3. The third-order valence-corrected chi connectivity index (χ3v) is 3.00. The Kier molecular flexibility index (Phi) is 3.88. The van der Waals surface area contributed by atoms with Crippen molar-refractivity contribution >= 4 is 17.4 Å². The van der Waals surface area contributed by atoms with Crippen LogP contribution in [0, 0.1) is 12.8 Å². The highest BCUT2D eigenvalue weighted by molar-refractivity contribution is 6.30. The fourth-order valence-corrected chi connectivity index (χ4v) is 1.60. The molecule has 1 aromatic heterocycles. The molecule has 0 aliphatic heterocycles. The fraction of sp³-hybridized carbons (Fsp3) is 0.600. The van der Waals surface area contributed by atoms with Gasteiger partial charge in [0.2, 0.25) is 0 Å². The topological polar surface area (TPSA) is 60.9 Å². The van der Waals surface area contributed by atoms with Crippen molar-refractivity contribution in [3.63, 3.8) is 0 Å². The van der Waals surface area contributed by atoms with E-state index in [4.69, 9.17) is 17.3 Å². The van der Waals surface area contributed by atoms with Gasteiger partial charge in [0.25, 0.3) is 0 Å². The van der Waals surface area contributed by atoms with E-state index in [1.54, 1.807) is 11.7 Å². The van der Waals surface area contributed by atoms with Crippen LogP contribution in [0.2, 0.25) is 5.15 Å². The summed E-state index contributed by atoms with van der Waals surface area (Å²) in [5, 5.41) is 4.68. The van der Waals surface area contributed by atoms with E-state index >= 15 is 0 Å². The molecular formula is C10H16ClN3O. The lowest BCUT2D eigenvalue weighted by Gasteiger charge is -2.06. The predicted octanol–water partition coefficient (Wildman–Crippen LogP) is 1.09. The van der Waals surface area contributed by atoms with Crippen LogP contribution < -0.4 is 5.73 Å². The van der Waals surface area contributed by atoms with Crippen molar-refractivity contribution in [1.29, 1.82) is 0 Å². The van der Waals surface area contributed by atoms with Crippen molar-refractivity contribution in [1.82, 2.24) is 9.78 Å². The monoisotopic (exact) mass is 229 g/mol. The van der Waals surface area contributed by atoms with Crippen LogP contribution in [-0.2, 0) is 18.3 Å². The van der Waals surface area contributed by atoms with E-state index in [1.165, 1.54) is 0 Å². The first-order valence-corrected chi connectivity index (χ1v) is 5.26. The molecule has 1 atom stereocenters. The number of aromatic nitrogens is 2. The second-order valence-corrected chi connectivity index (χ2v) is 4.12. The summed E-state index contributed by atoms with van der Waals surface area (Å²) in [5.41, 5.74) is 7.05. The lowest BCUT2D eigenvalue weighted by Crippen LogP contribution is -2.22. The fourth-order valence-electron chi connectivity index (χ4n) is 1.35. The normalized spacial score (nSPS) is 12.9. The molecule has 0 spiro atoms. The third-order valence-electron chi connectivity index (χ3n) is 2.52. The number of nitrogens with two attached hydrogens (primary N) is 1. The Hall–Kier alpha value is -0.870. The SMILES string of the molecule is Cc1nn(C)c(Cl)c1CC(=O)C(C)CN. The zero-order valence-corrected chi connectivity index (χ0v) is 10.0. The Balaban J connectivity index is 2.85. The van der Waals surface area contributed by atoms with E-state index in [0.717, 1.165) is 11.3 Å². The van der Waals surface area contributed by atoms with Crippen molar-refractivity contribution < 1.29 is 4.79 Å². The van der Waals surface area contributed by atoms with Crippen molar-refractivity contribution in [2.75, 3.05) is 6.54 Å². The first-order valence-electron chi connectivity index (χ1n) is 4.88. The van der Waals surface area contributed by atoms with Crippen LogP contribution in [0.3, 0.4) is 0 Å². The first kappa shape index (κ1) is 12.2. The van der Waals surface area contributed by atoms with Crippen LogP contribution in [0.1, 0.15) is 18.2 Å². The summed E-state index contributed by atoms with van der Waals surface area (Å²) in [4.78, 5) is 11.7. The third kappa shape index (κ3) is 2.58. The van der Waals surface area contributed by atoms with Crippen molar-refractivity contribution in [3.8, 4) is 0 Å². The molecule has 0 saturated carbocycles. The van der Waals surface area contributed by atoms with Crippen LogP contribution in [0.5, 0.6) is 0 Å². The van der Waals surface area contributed by atoms with Gasteiger partial charge in [-0.1, -0.05) is 18.5 Å². The zero-order valence-electron chi connectivity index (χ0n) is 9.25. The molecule has 84 valence electrons. The summed E-state index contributed by atoms with van der Waals surface area (Å²) in [6.45, 7) is 4.04. The molecule has 0 aromatic carbocycles. The number of ketones is 1. The number of hydrogen-bond acceptors (Lipinski definition) is 3. The van der Waals surface area contributed by atoms with Crippen LogP contribution in [0.4, 0.5) is 0 Å². The number of Topliss-reactive ketones (excluding diaryl/α,β-unsaturated/α-hetero) is 1. The smallest absolute Gasteiger partial charge is 0.141 e. The number of aryl methyl sites for hydroxylation is 2. The second-order valence-electron chi connectivity index (χ2n) is 3.76. The van der Waals surface area contributed by atoms with Crippen LogP contribution in [0.25, 0.3) is 0 Å². The van der Waals surface area contributed by atoms with Gasteiger partial charge in [0, 0.05) is 31.5 Å². The summed E-state index contributed by atoms with van der Waals surface area (Å²) >= 11 is 6.02. The molecule has 1 aromatic rings. The quantitative estimate of drug-likeness (QED) is 0.841. The molecule has 1 heterocycles. The van der Waals surface area contributed by atoms with Gasteiger partial charge >= 0.3 is 0 Å². The maximum Gasteiger partial charge on any atom is 0.141 e. The van der Waals surface area contributed by atoms with Crippen LogP contribution in [-0.4, -0.2) is 22.1 Å². The second kappa shape index (κ2) is 4.77. The molecule has 5 heteroatoms. The van der Waals surface area contributed by atoms with Gasteiger partial charge in [-0.05, 0) is 6.92 Å². The summed E-state index contributed by atoms with van der Waals surface area (Å²) in [6.07, 6.45) is 0.316. The highest BCUT2D eigenvalue weighted by atomic mass is 35.5. The zero-order chi connectivity index (χ0) is 11.6. The summed E-state index contributed by atoms with van der Waals surface area (Å²) in [6, 6.07) is 0. The summed E-state index contributed by atoms with van der Waals surface area (Å²) in [5.74, 6) is -0.0174. The molecule has 0 amide bonds. The van der Waals surface area contributed by atoms with Gasteiger partial charge in [-0.2, -0.15) is 5.10 Å². The molecular weight excluding hydrogens is 214 g/mol. The summed E-state index contributed by atoms with van der Waals surface area (Å²) in [7, 11) is 1.76. The molecule has 4 nitrogen and oxygen atoms in total. The first-order chi connectivity index (χ1) is 6.97. The molecule has 0 fully saturated rings. The minimum Gasteiger partial charge on any atom is -0.330 e. The van der Waals surface area contributed by atoms with Crippen molar-refractivity contribution in [2.45, 2.75) is 20.3 Å². The Morgan fingerprint density at radius 2 is 2.27 bits per heavy atom. The number of hydrogen-bond donors (Lipinski definition) is 1. The van der Waals surface area contributed by atoms with E-state index in [2.05, 4.69) is 5.10 Å². The molecule has 0 aliphatic carbocycles. The average molecular weight is 230 g/mol. The van der Waals surface area contributed by atoms with E-state index in [1.807, 2.05) is 13.8 Å². The van der Waals surface area contributed by atoms with Gasteiger partial charge in [-0.25, -0.2) is 0 Å². The Bertz CT molecular complexity index is 373. The Labute approximate surface area is 94.4 Å². The average Bonchev–Trinajstić information content (AvgIpc) is 2.43. The molecule has 0 saturated heterocycles. The van der Waals surface area contributed by atoms with Crippen LogP contribution in [0.15, 0.2) is 0 Å². The van der Waals surface area contributed by atoms with Gasteiger partial charge in [0.1, 0.15) is 10.9 Å². The maximum absolute atomic E-state index is 11.7. The van der Waals surface area contributed by atoms with Gasteiger partial charge in [0.15, 0.2) is 0 Å². The predicted molar refractivity (Wildman–Crippen MR) is 59.9 cm³/mol. The highest BCUT2D eigenvalue weighted by Gasteiger charge is 2.18. The number of halogens is 1. The number of rotatable bonds is 4. The number of carbonyl (C=O) groups excluding carboxylic acids is 1. The van der Waals surface area contributed by atoms with E-state index in [-0.39, 0.29) is 11.7 Å². The Morgan fingerprint density at radius 1 is 1.67 bits per heavy atom. The molecule has 2 N–H and O–H groups in total. The minimum absolute atomic E-state index is 0.107. The minimum atomic E-state index is -0.124. The lowest BCUT2D eigenvalue weighted by atomic mass is 10.0. The Morgan fingerprint density at radius 3 is 2.67 bits per heavy atom. The van der Waals surface area contributed by atoms with Gasteiger partial charge in [0.05, 0.1) is 5.69 Å². The van der Waals surface area contributed by atoms with E-state index in [9.17, 15) is 4.79 Å². The van der Waals surface area contributed by atoms with Gasteiger partial charge in [-0.15, -0.1) is 0 Å². The maximum atomic E-state index is 11.7. The molecule has 0 radical (unpaired) electrons.